The first-order valence-electron chi connectivity index (χ1n) is 1.83. The minimum Gasteiger partial charge on any atom is -0.417 e. The molecule has 0 saturated carbocycles. The molecule has 1 radical (unpaired) electrons. The number of hydrogen-bond donors (Lipinski definition) is 0. The Morgan fingerprint density at radius 1 is 2.00 bits per heavy atom. The van der Waals surface area contributed by atoms with Gasteiger partial charge >= 0.3 is 6.09 Å². The Morgan fingerprint density at radius 2 is 2.57 bits per heavy atom. The molecule has 0 bridgehead atoms. The summed E-state index contributed by atoms with van der Waals surface area (Å²) in [5.74, 6) is 0. The van der Waals surface area contributed by atoms with Crippen LogP contribution in [0.1, 0.15) is 6.92 Å². The molecule has 0 N–H and O–H groups in total. The number of carbonyl (C=O) groups excluding carboxylic acids is 1. The molecule has 0 aromatic heterocycles. The maximum Gasteiger partial charge on any atom is 0.651 e. The van der Waals surface area contributed by atoms with E-state index in [4.69, 9.17) is 5.53 Å². The second-order valence-corrected chi connectivity index (χ2v) is 0.799. The van der Waals surface area contributed by atoms with E-state index in [0.29, 0.717) is 0 Å². The standard InChI is InChI=1S/C3H5N2O2/c1-2-7-3(6)5-4/h2H2,1H3. The second-order valence-electron chi connectivity index (χ2n) is 0.799. The van der Waals surface area contributed by atoms with Crippen LogP contribution < -0.4 is 5.11 Å². The smallest absolute Gasteiger partial charge is 0.417 e. The highest BCUT2D eigenvalue weighted by Gasteiger charge is 2.03. The number of nitrogens with zero attached hydrogens (tertiary/aromatic N) is 2. The summed E-state index contributed by atoms with van der Waals surface area (Å²) >= 11 is 0. The van der Waals surface area contributed by atoms with E-state index in [1.807, 2.05) is 0 Å². The van der Waals surface area contributed by atoms with Crippen molar-refractivity contribution in [2.24, 2.45) is 0 Å². The number of amides is 1. The Labute approximate surface area is 41.0 Å². The third kappa shape index (κ3) is 2.88. The zero-order valence-electron chi connectivity index (χ0n) is 3.92. The monoisotopic (exact) mass is 101 g/mol. The van der Waals surface area contributed by atoms with Gasteiger partial charge < -0.3 is 10.3 Å². The number of rotatable bonds is 1. The molecule has 0 aromatic carbocycles. The van der Waals surface area contributed by atoms with E-state index in [0.717, 1.165) is 0 Å². The molecule has 7 heavy (non-hydrogen) atoms. The molecule has 0 unspecified atom stereocenters. The van der Waals surface area contributed by atoms with Gasteiger partial charge in [-0.25, -0.2) is 0 Å². The van der Waals surface area contributed by atoms with Crippen molar-refractivity contribution < 1.29 is 9.53 Å². The molecule has 39 valence electrons. The van der Waals surface area contributed by atoms with E-state index in [1.54, 1.807) is 6.92 Å². The van der Waals surface area contributed by atoms with Crippen LogP contribution in [0, 0.1) is 0 Å². The van der Waals surface area contributed by atoms with Crippen LogP contribution >= 0.6 is 0 Å². The Kier molecular flexibility index (Phi) is 2.83. The molecular weight excluding hydrogens is 96.0 g/mol. The van der Waals surface area contributed by atoms with Crippen LogP contribution in [-0.4, -0.2) is 12.7 Å². The molecule has 0 spiro atoms. The van der Waals surface area contributed by atoms with Crippen LogP contribution in [0.2, 0.25) is 0 Å². The van der Waals surface area contributed by atoms with Crippen molar-refractivity contribution in [1.29, 1.82) is 0 Å². The Balaban J connectivity index is 3.17. The summed E-state index contributed by atoms with van der Waals surface area (Å²) in [4.78, 5) is 9.77. The number of hydrogen-bond acceptors (Lipinski definition) is 2. The molecule has 0 aromatic rings. The lowest BCUT2D eigenvalue weighted by Crippen LogP contribution is -2.03. The average molecular weight is 101 g/mol. The van der Waals surface area contributed by atoms with E-state index in [1.165, 1.54) is 0 Å². The Bertz CT molecular complexity index is 81.0. The van der Waals surface area contributed by atoms with Gasteiger partial charge in [-0.3, -0.25) is 0 Å². The molecule has 0 saturated heterocycles. The SMILES string of the molecule is CCOC(=O)[N+]=[N-]. The zero-order chi connectivity index (χ0) is 5.70. The maximum absolute atomic E-state index is 9.77. The fourth-order valence-electron chi connectivity index (χ4n) is 0.152. The number of carbonyl (C=O) groups is 1. The zero-order valence-corrected chi connectivity index (χ0v) is 3.92. The fraction of sp³-hybridized carbons (Fsp3) is 0.667. The van der Waals surface area contributed by atoms with Gasteiger partial charge in [0.25, 0.3) is 0 Å². The van der Waals surface area contributed by atoms with E-state index in [-0.39, 0.29) is 6.61 Å². The van der Waals surface area contributed by atoms with Crippen molar-refractivity contribution in [3.63, 3.8) is 0 Å². The summed E-state index contributed by atoms with van der Waals surface area (Å²) < 4.78 is 4.14. The number of ether oxygens (including phenoxy) is 1. The average Bonchev–Trinajstić information content (AvgIpc) is 1.68. The molecule has 1 amide bonds. The Morgan fingerprint density at radius 3 is 2.71 bits per heavy atom. The highest BCUT2D eigenvalue weighted by molar-refractivity contribution is 5.65. The first kappa shape index (κ1) is 6.07. The maximum atomic E-state index is 9.77. The van der Waals surface area contributed by atoms with E-state index in [9.17, 15) is 4.79 Å². The quantitative estimate of drug-likeness (QED) is 0.451. The van der Waals surface area contributed by atoms with Gasteiger partial charge in [-0.1, -0.05) is 0 Å². The lowest BCUT2D eigenvalue weighted by atomic mass is 10.9. The minimum absolute atomic E-state index is 0.239. The largest absolute Gasteiger partial charge is 0.651 e. The van der Waals surface area contributed by atoms with E-state index >= 15 is 0 Å². The van der Waals surface area contributed by atoms with Gasteiger partial charge in [-0.15, -0.1) is 0 Å². The predicted molar refractivity (Wildman–Crippen MR) is 22.5 cm³/mol. The highest BCUT2D eigenvalue weighted by Crippen LogP contribution is 1.70. The van der Waals surface area contributed by atoms with Crippen molar-refractivity contribution in [2.45, 2.75) is 6.92 Å². The lowest BCUT2D eigenvalue weighted by Gasteiger charge is -1.81. The molecule has 4 heteroatoms. The van der Waals surface area contributed by atoms with Crippen molar-refractivity contribution in [3.05, 3.63) is 5.53 Å². The molecule has 0 rings (SSSR count). The van der Waals surface area contributed by atoms with Gasteiger partial charge in [0.2, 0.25) is 0 Å². The summed E-state index contributed by atoms with van der Waals surface area (Å²) in [5.41, 5.74) is 7.62. The fourth-order valence-corrected chi connectivity index (χ4v) is 0.152. The van der Waals surface area contributed by atoms with Gasteiger partial charge in [0.15, 0.2) is 0 Å². The summed E-state index contributed by atoms with van der Waals surface area (Å²) in [5, 5.41) is 2.22. The van der Waals surface area contributed by atoms with Gasteiger partial charge in [0, 0.05) is 0 Å². The van der Waals surface area contributed by atoms with Crippen LogP contribution in [0.5, 0.6) is 0 Å². The van der Waals surface area contributed by atoms with Gasteiger partial charge in [-0.05, 0) is 6.92 Å². The van der Waals surface area contributed by atoms with Crippen LogP contribution in [0.25, 0.3) is 5.53 Å². The summed E-state index contributed by atoms with van der Waals surface area (Å²) in [6.07, 6.45) is -0.942. The van der Waals surface area contributed by atoms with Gasteiger partial charge in [0.05, 0.1) is 11.7 Å². The van der Waals surface area contributed by atoms with Crippen LogP contribution in [-0.2, 0) is 4.74 Å². The van der Waals surface area contributed by atoms with E-state index < -0.39 is 6.09 Å². The predicted octanol–water partition coefficient (Wildman–Crippen LogP) is 0.500. The first-order valence-corrected chi connectivity index (χ1v) is 1.83. The molecule has 0 heterocycles. The van der Waals surface area contributed by atoms with Crippen LogP contribution in [0.3, 0.4) is 0 Å². The molecular formula is C3H5N2O2. The van der Waals surface area contributed by atoms with Crippen molar-refractivity contribution >= 4 is 6.09 Å². The second kappa shape index (κ2) is 3.27. The van der Waals surface area contributed by atoms with Crippen molar-refractivity contribution in [2.75, 3.05) is 6.61 Å². The highest BCUT2D eigenvalue weighted by atomic mass is 16.5. The van der Waals surface area contributed by atoms with Crippen molar-refractivity contribution in [1.82, 2.24) is 5.11 Å². The lowest BCUT2D eigenvalue weighted by molar-refractivity contribution is 0.158. The topological polar surface area (TPSA) is 62.7 Å². The van der Waals surface area contributed by atoms with Crippen LogP contribution in [0.4, 0.5) is 4.79 Å². The normalized spacial score (nSPS) is 7.57. The summed E-state index contributed by atoms with van der Waals surface area (Å²) in [7, 11) is 0. The summed E-state index contributed by atoms with van der Waals surface area (Å²) in [6.45, 7) is 1.87. The van der Waals surface area contributed by atoms with Gasteiger partial charge in [0.1, 0.15) is 0 Å². The van der Waals surface area contributed by atoms with Gasteiger partial charge in [-0.2, -0.15) is 4.79 Å². The molecule has 0 aliphatic heterocycles. The molecule has 4 nitrogen and oxygen atoms in total. The Hall–Kier alpha value is -0.930. The minimum atomic E-state index is -0.942. The first-order chi connectivity index (χ1) is 3.31. The van der Waals surface area contributed by atoms with Crippen LogP contribution in [0.15, 0.2) is 0 Å². The van der Waals surface area contributed by atoms with Crippen molar-refractivity contribution in [3.8, 4) is 0 Å². The third-order valence-electron chi connectivity index (χ3n) is 0.349. The third-order valence-corrected chi connectivity index (χ3v) is 0.349. The van der Waals surface area contributed by atoms with E-state index in [2.05, 4.69) is 9.85 Å². The molecule has 0 aliphatic carbocycles. The molecule has 0 atom stereocenters. The molecule has 0 aliphatic rings. The summed E-state index contributed by atoms with van der Waals surface area (Å²) in [6, 6.07) is 0. The molecule has 0 fully saturated rings.